The molecule has 5 aromatic rings. The summed E-state index contributed by atoms with van der Waals surface area (Å²) in [6, 6.07) is 28.2. The molecule has 0 unspecified atom stereocenters. The molecule has 0 saturated carbocycles. The summed E-state index contributed by atoms with van der Waals surface area (Å²) in [5, 5.41) is 7.59. The summed E-state index contributed by atoms with van der Waals surface area (Å²) in [5.74, 6) is -0.101. The lowest BCUT2D eigenvalue weighted by atomic mass is 10.0. The first kappa shape index (κ1) is 28.5. The zero-order valence-corrected chi connectivity index (χ0v) is 23.5. The number of halogens is 1. The Morgan fingerprint density at radius 1 is 0.929 bits per heavy atom. The van der Waals surface area contributed by atoms with E-state index in [-0.39, 0.29) is 24.8 Å². The first-order valence-electron chi connectivity index (χ1n) is 14.1. The number of amides is 2. The standard InChI is InChI=1S/C34H33FN4O3/c1-2-3-5-9-25-13-15-27(16-14-25)34(41)38(23-30-12-8-21-42-30)24-33(40)36-32-22-31(26-10-6-4-7-11-26)37-39(32)29-19-17-28(35)18-20-29/h4,6-8,10-22H,2-3,5,9,23-24H2,1H3,(H,36,40). The minimum Gasteiger partial charge on any atom is -0.467 e. The van der Waals surface area contributed by atoms with E-state index in [4.69, 9.17) is 4.42 Å². The molecule has 0 saturated heterocycles. The fourth-order valence-electron chi connectivity index (χ4n) is 4.72. The van der Waals surface area contributed by atoms with Crippen molar-refractivity contribution >= 4 is 17.6 Å². The van der Waals surface area contributed by atoms with Crippen molar-refractivity contribution in [3.63, 3.8) is 0 Å². The van der Waals surface area contributed by atoms with E-state index < -0.39 is 5.91 Å². The molecule has 42 heavy (non-hydrogen) atoms. The number of carbonyl (C=O) groups is 2. The molecule has 1 N–H and O–H groups in total. The number of carbonyl (C=O) groups excluding carboxylic acids is 2. The van der Waals surface area contributed by atoms with Crippen LogP contribution in [-0.2, 0) is 17.8 Å². The van der Waals surface area contributed by atoms with Gasteiger partial charge in [0.15, 0.2) is 0 Å². The van der Waals surface area contributed by atoms with Crippen LogP contribution in [0.15, 0.2) is 108 Å². The number of furan rings is 1. The first-order valence-corrected chi connectivity index (χ1v) is 14.1. The summed E-state index contributed by atoms with van der Waals surface area (Å²) in [5.41, 5.74) is 3.76. The Morgan fingerprint density at radius 3 is 2.38 bits per heavy atom. The highest BCUT2D eigenvalue weighted by atomic mass is 19.1. The predicted octanol–water partition coefficient (Wildman–Crippen LogP) is 7.29. The van der Waals surface area contributed by atoms with Gasteiger partial charge in [-0.05, 0) is 66.9 Å². The minimum atomic E-state index is -0.408. The van der Waals surface area contributed by atoms with E-state index in [1.54, 1.807) is 35.0 Å². The van der Waals surface area contributed by atoms with Crippen LogP contribution in [0.4, 0.5) is 10.2 Å². The van der Waals surface area contributed by atoms with Crippen molar-refractivity contribution < 1.29 is 18.4 Å². The van der Waals surface area contributed by atoms with Crippen LogP contribution in [0, 0.1) is 5.82 Å². The lowest BCUT2D eigenvalue weighted by Gasteiger charge is -2.21. The second-order valence-corrected chi connectivity index (χ2v) is 10.1. The average Bonchev–Trinajstić information content (AvgIpc) is 3.68. The number of nitrogens with one attached hydrogen (secondary N) is 1. The summed E-state index contributed by atoms with van der Waals surface area (Å²) in [7, 11) is 0. The highest BCUT2D eigenvalue weighted by Crippen LogP contribution is 2.25. The average molecular weight is 565 g/mol. The number of aromatic nitrogens is 2. The molecule has 0 bridgehead atoms. The quantitative estimate of drug-likeness (QED) is 0.161. The molecule has 0 radical (unpaired) electrons. The van der Waals surface area contributed by atoms with Gasteiger partial charge < -0.3 is 14.6 Å². The number of benzene rings is 3. The van der Waals surface area contributed by atoms with Crippen molar-refractivity contribution in [2.24, 2.45) is 0 Å². The minimum absolute atomic E-state index is 0.129. The molecule has 2 heterocycles. The Morgan fingerprint density at radius 2 is 1.69 bits per heavy atom. The zero-order chi connectivity index (χ0) is 29.3. The molecule has 8 heteroatoms. The van der Waals surface area contributed by atoms with Crippen LogP contribution in [0.2, 0.25) is 0 Å². The molecular formula is C34H33FN4O3. The third kappa shape index (κ3) is 7.20. The van der Waals surface area contributed by atoms with E-state index in [0.717, 1.165) is 24.8 Å². The van der Waals surface area contributed by atoms with Gasteiger partial charge in [-0.15, -0.1) is 0 Å². The molecule has 0 aliphatic heterocycles. The SMILES string of the molecule is CCCCCc1ccc(C(=O)N(CC(=O)Nc2cc(-c3ccccc3)nn2-c2ccc(F)cc2)Cc2ccco2)cc1. The van der Waals surface area contributed by atoms with Gasteiger partial charge in [-0.1, -0.05) is 62.2 Å². The van der Waals surface area contributed by atoms with Gasteiger partial charge in [0.25, 0.3) is 5.91 Å². The summed E-state index contributed by atoms with van der Waals surface area (Å²) in [4.78, 5) is 28.5. The number of rotatable bonds is 12. The summed E-state index contributed by atoms with van der Waals surface area (Å²) in [6.07, 6.45) is 5.93. The first-order chi connectivity index (χ1) is 20.5. The molecule has 0 fully saturated rings. The maximum Gasteiger partial charge on any atom is 0.254 e. The number of hydrogen-bond acceptors (Lipinski definition) is 4. The molecule has 0 aliphatic carbocycles. The van der Waals surface area contributed by atoms with Gasteiger partial charge in [0, 0.05) is 17.2 Å². The Kier molecular flexibility index (Phi) is 9.23. The summed E-state index contributed by atoms with van der Waals surface area (Å²) >= 11 is 0. The van der Waals surface area contributed by atoms with Crippen molar-refractivity contribution in [1.82, 2.24) is 14.7 Å². The van der Waals surface area contributed by atoms with E-state index in [1.165, 1.54) is 35.3 Å². The van der Waals surface area contributed by atoms with Crippen molar-refractivity contribution in [2.45, 2.75) is 39.2 Å². The third-order valence-electron chi connectivity index (χ3n) is 6.94. The smallest absolute Gasteiger partial charge is 0.254 e. The molecular weight excluding hydrogens is 531 g/mol. The number of anilines is 1. The molecule has 2 amide bonds. The number of nitrogens with zero attached hydrogens (tertiary/aromatic N) is 3. The van der Waals surface area contributed by atoms with Crippen LogP contribution < -0.4 is 5.32 Å². The number of unbranched alkanes of at least 4 members (excludes halogenated alkanes) is 2. The van der Waals surface area contributed by atoms with E-state index in [2.05, 4.69) is 17.3 Å². The van der Waals surface area contributed by atoms with Gasteiger partial charge >= 0.3 is 0 Å². The lowest BCUT2D eigenvalue weighted by molar-refractivity contribution is -0.117. The van der Waals surface area contributed by atoms with Crippen LogP contribution >= 0.6 is 0 Å². The van der Waals surface area contributed by atoms with Gasteiger partial charge in [-0.3, -0.25) is 9.59 Å². The molecule has 0 spiro atoms. The monoisotopic (exact) mass is 564 g/mol. The van der Waals surface area contributed by atoms with Crippen molar-refractivity contribution in [3.05, 3.63) is 126 Å². The molecule has 7 nitrogen and oxygen atoms in total. The van der Waals surface area contributed by atoms with Crippen LogP contribution in [0.1, 0.15) is 47.9 Å². The van der Waals surface area contributed by atoms with E-state index >= 15 is 0 Å². The number of hydrogen-bond donors (Lipinski definition) is 1. The van der Waals surface area contributed by atoms with Crippen LogP contribution in [-0.4, -0.2) is 33.0 Å². The predicted molar refractivity (Wildman–Crippen MR) is 161 cm³/mol. The second-order valence-electron chi connectivity index (χ2n) is 10.1. The second kappa shape index (κ2) is 13.6. The maximum atomic E-state index is 13.6. The lowest BCUT2D eigenvalue weighted by Crippen LogP contribution is -2.37. The van der Waals surface area contributed by atoms with E-state index in [1.807, 2.05) is 54.6 Å². The molecule has 3 aromatic carbocycles. The topological polar surface area (TPSA) is 80.4 Å². The molecule has 0 atom stereocenters. The Hall–Kier alpha value is -4.98. The van der Waals surface area contributed by atoms with Gasteiger partial charge in [0.2, 0.25) is 5.91 Å². The highest BCUT2D eigenvalue weighted by Gasteiger charge is 2.22. The largest absolute Gasteiger partial charge is 0.467 e. The van der Waals surface area contributed by atoms with Crippen LogP contribution in [0.5, 0.6) is 0 Å². The van der Waals surface area contributed by atoms with E-state index in [0.29, 0.717) is 28.5 Å². The molecule has 5 rings (SSSR count). The fourth-order valence-corrected chi connectivity index (χ4v) is 4.72. The van der Waals surface area contributed by atoms with Gasteiger partial charge in [0.1, 0.15) is 23.9 Å². The third-order valence-corrected chi connectivity index (χ3v) is 6.94. The van der Waals surface area contributed by atoms with Crippen LogP contribution in [0.25, 0.3) is 16.9 Å². The normalized spacial score (nSPS) is 10.9. The Labute approximate surface area is 244 Å². The fraction of sp³-hybridized carbons (Fsp3) is 0.206. The van der Waals surface area contributed by atoms with Crippen molar-refractivity contribution in [1.29, 1.82) is 0 Å². The molecule has 214 valence electrons. The number of aryl methyl sites for hydroxylation is 1. The molecule has 2 aromatic heterocycles. The Balaban J connectivity index is 1.37. The van der Waals surface area contributed by atoms with Gasteiger partial charge in [0.05, 0.1) is 24.2 Å². The van der Waals surface area contributed by atoms with Gasteiger partial charge in [-0.2, -0.15) is 5.10 Å². The Bertz CT molecular complexity index is 1600. The van der Waals surface area contributed by atoms with Crippen molar-refractivity contribution in [3.8, 4) is 16.9 Å². The summed E-state index contributed by atoms with van der Waals surface area (Å²) in [6.45, 7) is 2.08. The van der Waals surface area contributed by atoms with E-state index in [9.17, 15) is 14.0 Å². The van der Waals surface area contributed by atoms with Crippen LogP contribution in [0.3, 0.4) is 0 Å². The molecule has 0 aliphatic rings. The maximum absolute atomic E-state index is 13.6. The van der Waals surface area contributed by atoms with Crippen molar-refractivity contribution in [2.75, 3.05) is 11.9 Å². The summed E-state index contributed by atoms with van der Waals surface area (Å²) < 4.78 is 20.7. The van der Waals surface area contributed by atoms with Gasteiger partial charge in [-0.25, -0.2) is 9.07 Å². The zero-order valence-electron chi connectivity index (χ0n) is 23.5. The highest BCUT2D eigenvalue weighted by molar-refractivity contribution is 5.99.